The van der Waals surface area contributed by atoms with Crippen molar-refractivity contribution in [3.05, 3.63) is 0 Å². The van der Waals surface area contributed by atoms with Crippen LogP contribution in [0.4, 0.5) is 0 Å². The van der Waals surface area contributed by atoms with E-state index in [0.717, 1.165) is 13.2 Å². The van der Waals surface area contributed by atoms with Crippen LogP contribution in [0.2, 0.25) is 0 Å². The first-order valence-electron chi connectivity index (χ1n) is 8.92. The van der Waals surface area contributed by atoms with Gasteiger partial charge in [-0.25, -0.2) is 0 Å². The maximum absolute atomic E-state index is 5.81. The molecular weight excluding hydrogens is 248 g/mol. The largest absolute Gasteiger partial charge is 0.379 e. The summed E-state index contributed by atoms with van der Waals surface area (Å²) >= 11 is 0. The van der Waals surface area contributed by atoms with Crippen LogP contribution >= 0.6 is 0 Å². The molecule has 3 saturated carbocycles. The summed E-state index contributed by atoms with van der Waals surface area (Å²) in [6.45, 7) is 6.03. The van der Waals surface area contributed by atoms with Gasteiger partial charge in [0.2, 0.25) is 0 Å². The average Bonchev–Trinajstić information content (AvgIpc) is 2.43. The van der Waals surface area contributed by atoms with Crippen molar-refractivity contribution in [2.45, 2.75) is 90.3 Å². The Morgan fingerprint density at radius 2 is 1.05 bits per heavy atom. The van der Waals surface area contributed by atoms with Crippen molar-refractivity contribution >= 4 is 0 Å². The van der Waals surface area contributed by atoms with Gasteiger partial charge in [0.1, 0.15) is 0 Å². The molecule has 0 aliphatic heterocycles. The summed E-state index contributed by atoms with van der Waals surface area (Å²) in [6, 6.07) is 0. The van der Waals surface area contributed by atoms with Crippen LogP contribution < -0.4 is 0 Å². The summed E-state index contributed by atoms with van der Waals surface area (Å²) in [5.74, 6) is 0. The second kappa shape index (κ2) is 5.96. The quantitative estimate of drug-likeness (QED) is 0.742. The highest BCUT2D eigenvalue weighted by molar-refractivity contribution is 5.06. The minimum Gasteiger partial charge on any atom is -0.379 e. The summed E-state index contributed by atoms with van der Waals surface area (Å²) < 4.78 is 11.6. The van der Waals surface area contributed by atoms with Crippen molar-refractivity contribution in [1.29, 1.82) is 0 Å². The van der Waals surface area contributed by atoms with Gasteiger partial charge in [-0.3, -0.25) is 0 Å². The van der Waals surface area contributed by atoms with Crippen molar-refractivity contribution in [2.24, 2.45) is 10.8 Å². The highest BCUT2D eigenvalue weighted by Gasteiger charge is 2.55. The van der Waals surface area contributed by atoms with Gasteiger partial charge in [0, 0.05) is 13.2 Å². The lowest BCUT2D eigenvalue weighted by molar-refractivity contribution is -0.127. The van der Waals surface area contributed by atoms with E-state index >= 15 is 0 Å². The first-order chi connectivity index (χ1) is 9.69. The van der Waals surface area contributed by atoms with Gasteiger partial charge in [0.25, 0.3) is 0 Å². The molecule has 0 bridgehead atoms. The minimum absolute atomic E-state index is 0.566. The molecule has 20 heavy (non-hydrogen) atoms. The fourth-order valence-corrected chi connectivity index (χ4v) is 5.46. The lowest BCUT2D eigenvalue weighted by Crippen LogP contribution is -2.51. The van der Waals surface area contributed by atoms with Crippen LogP contribution in [0.5, 0.6) is 0 Å². The molecule has 0 atom stereocenters. The van der Waals surface area contributed by atoms with E-state index in [4.69, 9.17) is 9.47 Å². The van der Waals surface area contributed by atoms with E-state index in [2.05, 4.69) is 13.8 Å². The van der Waals surface area contributed by atoms with Crippen molar-refractivity contribution in [3.63, 3.8) is 0 Å². The molecule has 0 radical (unpaired) electrons. The molecule has 0 heterocycles. The van der Waals surface area contributed by atoms with Crippen LogP contribution in [0.25, 0.3) is 0 Å². The van der Waals surface area contributed by atoms with Crippen LogP contribution in [-0.4, -0.2) is 25.4 Å². The van der Waals surface area contributed by atoms with Crippen LogP contribution in [0.1, 0.15) is 78.1 Å². The van der Waals surface area contributed by atoms with Gasteiger partial charge in [-0.1, -0.05) is 0 Å². The Hall–Kier alpha value is -0.0800. The van der Waals surface area contributed by atoms with Gasteiger partial charge in [-0.15, -0.1) is 0 Å². The SMILES string of the molecule is CCOC1CCC2(CC1)CC1(CCC(OCC)CC1)C2. The van der Waals surface area contributed by atoms with E-state index in [1.54, 1.807) is 0 Å². The molecule has 0 aromatic heterocycles. The third-order valence-electron chi connectivity index (χ3n) is 6.29. The van der Waals surface area contributed by atoms with E-state index in [-0.39, 0.29) is 0 Å². The van der Waals surface area contributed by atoms with E-state index in [9.17, 15) is 0 Å². The van der Waals surface area contributed by atoms with E-state index in [1.165, 1.54) is 64.2 Å². The summed E-state index contributed by atoms with van der Waals surface area (Å²) in [6.07, 6.45) is 15.1. The van der Waals surface area contributed by atoms with Gasteiger partial charge < -0.3 is 9.47 Å². The summed E-state index contributed by atoms with van der Waals surface area (Å²) in [5, 5.41) is 0. The normalized spacial score (nSPS) is 44.7. The van der Waals surface area contributed by atoms with Crippen LogP contribution in [-0.2, 0) is 9.47 Å². The zero-order valence-corrected chi connectivity index (χ0v) is 13.5. The summed E-state index contributed by atoms with van der Waals surface area (Å²) in [4.78, 5) is 0. The zero-order chi connectivity index (χ0) is 14.1. The lowest BCUT2D eigenvalue weighted by atomic mass is 9.45. The molecule has 2 nitrogen and oxygen atoms in total. The molecule has 3 aliphatic rings. The van der Waals surface area contributed by atoms with Gasteiger partial charge in [-0.2, -0.15) is 0 Å². The van der Waals surface area contributed by atoms with Gasteiger partial charge in [0.15, 0.2) is 0 Å². The van der Waals surface area contributed by atoms with Crippen molar-refractivity contribution in [1.82, 2.24) is 0 Å². The molecule has 0 N–H and O–H groups in total. The molecule has 0 aromatic carbocycles. The number of ether oxygens (including phenoxy) is 2. The van der Waals surface area contributed by atoms with Crippen molar-refractivity contribution in [2.75, 3.05) is 13.2 Å². The Bertz CT molecular complexity index is 269. The molecule has 0 aromatic rings. The lowest BCUT2D eigenvalue weighted by Gasteiger charge is -2.61. The van der Waals surface area contributed by atoms with Crippen molar-refractivity contribution in [3.8, 4) is 0 Å². The molecule has 3 aliphatic carbocycles. The van der Waals surface area contributed by atoms with Gasteiger partial charge in [0.05, 0.1) is 12.2 Å². The highest BCUT2D eigenvalue weighted by Crippen LogP contribution is 2.66. The van der Waals surface area contributed by atoms with Crippen LogP contribution in [0, 0.1) is 10.8 Å². The first-order valence-corrected chi connectivity index (χ1v) is 8.92. The van der Waals surface area contributed by atoms with Crippen LogP contribution in [0.3, 0.4) is 0 Å². The Morgan fingerprint density at radius 1 is 0.700 bits per heavy atom. The van der Waals surface area contributed by atoms with Gasteiger partial charge >= 0.3 is 0 Å². The monoisotopic (exact) mass is 280 g/mol. The topological polar surface area (TPSA) is 18.5 Å². The third-order valence-corrected chi connectivity index (χ3v) is 6.29. The zero-order valence-electron chi connectivity index (χ0n) is 13.5. The predicted octanol–water partition coefficient (Wildman–Crippen LogP) is 4.71. The maximum Gasteiger partial charge on any atom is 0.0575 e. The maximum atomic E-state index is 5.81. The molecule has 3 fully saturated rings. The Labute approximate surface area is 124 Å². The van der Waals surface area contributed by atoms with E-state index in [0.29, 0.717) is 23.0 Å². The Kier molecular flexibility index (Phi) is 4.42. The predicted molar refractivity (Wildman–Crippen MR) is 81.9 cm³/mol. The van der Waals surface area contributed by atoms with Gasteiger partial charge in [-0.05, 0) is 88.9 Å². The Morgan fingerprint density at radius 3 is 1.35 bits per heavy atom. The fraction of sp³-hybridized carbons (Fsp3) is 1.00. The average molecular weight is 280 g/mol. The van der Waals surface area contributed by atoms with E-state index in [1.807, 2.05) is 0 Å². The summed E-state index contributed by atoms with van der Waals surface area (Å²) in [5.41, 5.74) is 1.43. The molecular formula is C18H32O2. The molecule has 3 rings (SSSR count). The second-order valence-electron chi connectivity index (χ2n) is 7.66. The molecule has 0 unspecified atom stereocenters. The second-order valence-corrected chi connectivity index (χ2v) is 7.66. The minimum atomic E-state index is 0.566. The molecule has 2 spiro atoms. The Balaban J connectivity index is 1.45. The number of hydrogen-bond donors (Lipinski definition) is 0. The molecule has 116 valence electrons. The van der Waals surface area contributed by atoms with Crippen molar-refractivity contribution < 1.29 is 9.47 Å². The molecule has 0 amide bonds. The fourth-order valence-electron chi connectivity index (χ4n) is 5.46. The molecule has 2 heteroatoms. The van der Waals surface area contributed by atoms with Crippen LogP contribution in [0.15, 0.2) is 0 Å². The van der Waals surface area contributed by atoms with E-state index < -0.39 is 0 Å². The number of rotatable bonds is 4. The first kappa shape index (κ1) is 14.8. The molecule has 0 saturated heterocycles. The third kappa shape index (κ3) is 2.92. The number of hydrogen-bond acceptors (Lipinski definition) is 2. The highest BCUT2D eigenvalue weighted by atomic mass is 16.5. The smallest absolute Gasteiger partial charge is 0.0575 e. The summed E-state index contributed by atoms with van der Waals surface area (Å²) in [7, 11) is 0. The standard InChI is InChI=1S/C18H32O2/c1-3-19-15-5-9-17(10-6-15)13-18(14-17)11-7-16(8-12-18)20-4-2/h15-16H,3-14H2,1-2H3.